The molecule has 0 saturated carbocycles. The van der Waals surface area contributed by atoms with Gasteiger partial charge in [0.25, 0.3) is 0 Å². The van der Waals surface area contributed by atoms with E-state index in [-0.39, 0.29) is 5.91 Å². The van der Waals surface area contributed by atoms with E-state index in [9.17, 15) is 9.90 Å². The molecule has 2 aromatic rings. The number of aliphatic hydroxyl groups is 1. The topological polar surface area (TPSA) is 40.5 Å². The third-order valence-electron chi connectivity index (χ3n) is 4.10. The summed E-state index contributed by atoms with van der Waals surface area (Å²) in [6.45, 7) is 0. The number of aliphatic hydroxyl groups excluding tert-OH is 1. The Kier molecular flexibility index (Phi) is 3.76. The van der Waals surface area contributed by atoms with Crippen LogP contribution >= 0.6 is 0 Å². The van der Waals surface area contributed by atoms with Crippen molar-refractivity contribution in [3.63, 3.8) is 0 Å². The molecular formula is C18H19NO2. The van der Waals surface area contributed by atoms with E-state index in [2.05, 4.69) is 0 Å². The van der Waals surface area contributed by atoms with Crippen molar-refractivity contribution in [1.82, 2.24) is 0 Å². The highest BCUT2D eigenvalue weighted by Gasteiger charge is 2.21. The molecule has 0 aliphatic carbocycles. The van der Waals surface area contributed by atoms with E-state index in [1.807, 2.05) is 48.5 Å². The summed E-state index contributed by atoms with van der Waals surface area (Å²) in [5.74, 6) is 0.153. The molecule has 1 unspecified atom stereocenters. The number of rotatable bonds is 3. The number of nitrogens with zero attached hydrogens (tertiary/aromatic N) is 1. The zero-order chi connectivity index (χ0) is 14.8. The predicted molar refractivity (Wildman–Crippen MR) is 83.3 cm³/mol. The highest BCUT2D eigenvalue weighted by molar-refractivity contribution is 5.95. The molecule has 1 heterocycles. The summed E-state index contributed by atoms with van der Waals surface area (Å²) < 4.78 is 0. The molecule has 21 heavy (non-hydrogen) atoms. The average molecular weight is 281 g/mol. The van der Waals surface area contributed by atoms with Gasteiger partial charge in [0.1, 0.15) is 0 Å². The number of carbonyl (C=O) groups excluding carboxylic acids is 1. The lowest BCUT2D eigenvalue weighted by molar-refractivity contribution is -0.118. The third kappa shape index (κ3) is 2.83. The average Bonchev–Trinajstić information content (AvgIpc) is 2.51. The fraction of sp³-hybridized carbons (Fsp3) is 0.278. The van der Waals surface area contributed by atoms with Crippen LogP contribution in [0.15, 0.2) is 48.5 Å². The van der Waals surface area contributed by atoms with Crippen LogP contribution in [0.25, 0.3) is 0 Å². The number of aryl methyl sites for hydroxylation is 1. The van der Waals surface area contributed by atoms with Gasteiger partial charge in [-0.15, -0.1) is 0 Å². The molecular weight excluding hydrogens is 262 g/mol. The van der Waals surface area contributed by atoms with Gasteiger partial charge in [-0.1, -0.05) is 42.5 Å². The summed E-state index contributed by atoms with van der Waals surface area (Å²) in [4.78, 5) is 13.4. The molecule has 108 valence electrons. The van der Waals surface area contributed by atoms with Gasteiger partial charge in [-0.3, -0.25) is 4.79 Å². The normalized spacial score (nSPS) is 15.7. The number of fused-ring (bicyclic) bond motifs is 1. The van der Waals surface area contributed by atoms with Crippen LogP contribution in [0.5, 0.6) is 0 Å². The van der Waals surface area contributed by atoms with Crippen molar-refractivity contribution in [3.8, 4) is 0 Å². The summed E-state index contributed by atoms with van der Waals surface area (Å²) in [6.07, 6.45) is 1.39. The largest absolute Gasteiger partial charge is 0.388 e. The molecule has 3 nitrogen and oxygen atoms in total. The lowest BCUT2D eigenvalue weighted by Gasteiger charge is -2.26. The van der Waals surface area contributed by atoms with Gasteiger partial charge in [0.2, 0.25) is 5.91 Å². The molecule has 0 radical (unpaired) electrons. The van der Waals surface area contributed by atoms with Crippen LogP contribution in [-0.4, -0.2) is 18.1 Å². The Hall–Kier alpha value is -2.13. The Balaban J connectivity index is 1.82. The maximum absolute atomic E-state index is 11.7. The molecule has 1 N–H and O–H groups in total. The van der Waals surface area contributed by atoms with Crippen LogP contribution in [0.3, 0.4) is 0 Å². The van der Waals surface area contributed by atoms with E-state index in [1.165, 1.54) is 0 Å². The molecule has 1 aliphatic heterocycles. The second-order valence-corrected chi connectivity index (χ2v) is 5.55. The van der Waals surface area contributed by atoms with Gasteiger partial charge in [-0.2, -0.15) is 0 Å². The minimum Gasteiger partial charge on any atom is -0.388 e. The molecule has 1 aliphatic rings. The number of amides is 1. The SMILES string of the molecule is CN1C(=O)CCc2cc(C(O)Cc3ccccc3)ccc21. The first-order valence-corrected chi connectivity index (χ1v) is 7.26. The van der Waals surface area contributed by atoms with E-state index in [0.717, 1.165) is 28.8 Å². The lowest BCUT2D eigenvalue weighted by Crippen LogP contribution is -2.31. The fourth-order valence-electron chi connectivity index (χ4n) is 2.84. The Labute approximate surface area is 124 Å². The number of anilines is 1. The Bertz CT molecular complexity index is 652. The Morgan fingerprint density at radius 2 is 1.90 bits per heavy atom. The van der Waals surface area contributed by atoms with E-state index >= 15 is 0 Å². The first kappa shape index (κ1) is 13.8. The van der Waals surface area contributed by atoms with Crippen molar-refractivity contribution >= 4 is 11.6 Å². The molecule has 3 rings (SSSR count). The minimum atomic E-state index is -0.513. The molecule has 0 spiro atoms. The van der Waals surface area contributed by atoms with Gasteiger partial charge in [-0.05, 0) is 29.2 Å². The first-order valence-electron chi connectivity index (χ1n) is 7.26. The summed E-state index contributed by atoms with van der Waals surface area (Å²) in [6, 6.07) is 15.9. The first-order chi connectivity index (χ1) is 10.1. The standard InChI is InChI=1S/C18H19NO2/c1-19-16-9-7-15(12-14(16)8-10-18(19)21)17(20)11-13-5-3-2-4-6-13/h2-7,9,12,17,20H,8,10-11H2,1H3. The highest BCUT2D eigenvalue weighted by atomic mass is 16.3. The van der Waals surface area contributed by atoms with Crippen molar-refractivity contribution in [2.45, 2.75) is 25.4 Å². The minimum absolute atomic E-state index is 0.153. The van der Waals surface area contributed by atoms with Crippen molar-refractivity contribution in [2.24, 2.45) is 0 Å². The van der Waals surface area contributed by atoms with Crippen LogP contribution in [0.1, 0.15) is 29.2 Å². The van der Waals surface area contributed by atoms with E-state index in [4.69, 9.17) is 0 Å². The zero-order valence-electron chi connectivity index (χ0n) is 12.1. The van der Waals surface area contributed by atoms with Crippen molar-refractivity contribution in [1.29, 1.82) is 0 Å². The quantitative estimate of drug-likeness (QED) is 0.939. The third-order valence-corrected chi connectivity index (χ3v) is 4.10. The van der Waals surface area contributed by atoms with Crippen molar-refractivity contribution in [2.75, 3.05) is 11.9 Å². The van der Waals surface area contributed by atoms with Crippen molar-refractivity contribution < 1.29 is 9.90 Å². The smallest absolute Gasteiger partial charge is 0.227 e. The molecule has 0 aromatic heterocycles. The number of benzene rings is 2. The van der Waals surface area contributed by atoms with Crippen LogP contribution < -0.4 is 4.90 Å². The van der Waals surface area contributed by atoms with E-state index in [0.29, 0.717) is 12.8 Å². The van der Waals surface area contributed by atoms with Gasteiger partial charge < -0.3 is 10.0 Å². The summed E-state index contributed by atoms with van der Waals surface area (Å²) in [5, 5.41) is 10.4. The predicted octanol–water partition coefficient (Wildman–Crippen LogP) is 2.87. The molecule has 0 fully saturated rings. The lowest BCUT2D eigenvalue weighted by atomic mass is 9.95. The monoisotopic (exact) mass is 281 g/mol. The van der Waals surface area contributed by atoms with Crippen LogP contribution in [0, 0.1) is 0 Å². The number of hydrogen-bond donors (Lipinski definition) is 1. The van der Waals surface area contributed by atoms with E-state index < -0.39 is 6.10 Å². The second-order valence-electron chi connectivity index (χ2n) is 5.55. The van der Waals surface area contributed by atoms with Gasteiger partial charge in [0, 0.05) is 25.6 Å². The summed E-state index contributed by atoms with van der Waals surface area (Å²) in [5.41, 5.74) is 4.14. The maximum Gasteiger partial charge on any atom is 0.227 e. The molecule has 0 saturated heterocycles. The summed E-state index contributed by atoms with van der Waals surface area (Å²) >= 11 is 0. The fourth-order valence-corrected chi connectivity index (χ4v) is 2.84. The highest BCUT2D eigenvalue weighted by Crippen LogP contribution is 2.30. The van der Waals surface area contributed by atoms with Gasteiger partial charge in [-0.25, -0.2) is 0 Å². The van der Waals surface area contributed by atoms with E-state index in [1.54, 1.807) is 11.9 Å². The van der Waals surface area contributed by atoms with Gasteiger partial charge >= 0.3 is 0 Å². The van der Waals surface area contributed by atoms with Gasteiger partial charge in [0.15, 0.2) is 0 Å². The number of carbonyl (C=O) groups is 1. The second kappa shape index (κ2) is 5.70. The zero-order valence-corrected chi connectivity index (χ0v) is 12.1. The molecule has 1 atom stereocenters. The molecule has 0 bridgehead atoms. The van der Waals surface area contributed by atoms with Crippen LogP contribution in [-0.2, 0) is 17.6 Å². The maximum atomic E-state index is 11.7. The molecule has 2 aromatic carbocycles. The van der Waals surface area contributed by atoms with Crippen LogP contribution in [0.4, 0.5) is 5.69 Å². The molecule has 3 heteroatoms. The van der Waals surface area contributed by atoms with Crippen molar-refractivity contribution in [3.05, 3.63) is 65.2 Å². The van der Waals surface area contributed by atoms with Crippen LogP contribution in [0.2, 0.25) is 0 Å². The summed E-state index contributed by atoms with van der Waals surface area (Å²) in [7, 11) is 1.81. The van der Waals surface area contributed by atoms with Gasteiger partial charge in [0.05, 0.1) is 6.10 Å². The molecule has 1 amide bonds. The number of hydrogen-bond acceptors (Lipinski definition) is 2. The Morgan fingerprint density at radius 1 is 1.14 bits per heavy atom. The Morgan fingerprint density at radius 3 is 2.67 bits per heavy atom.